The third-order valence-electron chi connectivity index (χ3n) is 3.62. The Labute approximate surface area is 107 Å². The number of hydrogen-bond acceptors (Lipinski definition) is 4. The third-order valence-corrected chi connectivity index (χ3v) is 5.24. The highest BCUT2D eigenvalue weighted by atomic mass is 32.2. The van der Waals surface area contributed by atoms with Crippen molar-refractivity contribution in [3.63, 3.8) is 0 Å². The van der Waals surface area contributed by atoms with Crippen molar-refractivity contribution in [3.05, 3.63) is 35.4 Å². The summed E-state index contributed by atoms with van der Waals surface area (Å²) in [5.74, 6) is -0.428. The van der Waals surface area contributed by atoms with Crippen LogP contribution in [0.5, 0.6) is 0 Å². The molecular formula is C13H15NO3S. The number of nitrogens with zero attached hydrogens (tertiary/aromatic N) is 1. The third kappa shape index (κ3) is 1.82. The molecular weight excluding hydrogens is 250 g/mol. The maximum Gasteiger partial charge on any atom is 0.152 e. The van der Waals surface area contributed by atoms with E-state index in [9.17, 15) is 18.8 Å². The van der Waals surface area contributed by atoms with Gasteiger partial charge >= 0.3 is 0 Å². The van der Waals surface area contributed by atoms with Gasteiger partial charge < -0.3 is 5.11 Å². The van der Waals surface area contributed by atoms with E-state index in [1.54, 1.807) is 0 Å². The monoisotopic (exact) mass is 265 g/mol. The Morgan fingerprint density at radius 3 is 2.28 bits per heavy atom. The van der Waals surface area contributed by atoms with Gasteiger partial charge in [0.2, 0.25) is 0 Å². The lowest BCUT2D eigenvalue weighted by molar-refractivity contribution is 0.242. The van der Waals surface area contributed by atoms with Gasteiger partial charge in [-0.15, -0.1) is 0 Å². The van der Waals surface area contributed by atoms with Crippen molar-refractivity contribution in [2.45, 2.75) is 18.1 Å². The molecule has 1 N–H and O–H groups in total. The van der Waals surface area contributed by atoms with Crippen LogP contribution in [0, 0.1) is 23.7 Å². The molecule has 0 bridgehead atoms. The standard InChI is InChI=1S/C13H15NO3S/c1-9-3-5-10(6-4-9)11-12(18(2,16)17)13(11,7-14)8-15/h3-6,11-12,15H,8H2,1-2H3/t11-,12+,13-/m1/s1. The number of nitriles is 1. The molecule has 3 atom stereocenters. The smallest absolute Gasteiger partial charge is 0.152 e. The average molecular weight is 265 g/mol. The van der Waals surface area contributed by atoms with E-state index in [-0.39, 0.29) is 0 Å². The van der Waals surface area contributed by atoms with Crippen LogP contribution in [-0.4, -0.2) is 31.6 Å². The predicted octanol–water partition coefficient (Wildman–Crippen LogP) is 1.01. The lowest BCUT2D eigenvalue weighted by Gasteiger charge is -2.03. The van der Waals surface area contributed by atoms with Crippen LogP contribution in [0.25, 0.3) is 0 Å². The summed E-state index contributed by atoms with van der Waals surface area (Å²) in [4.78, 5) is 0. The summed E-state index contributed by atoms with van der Waals surface area (Å²) < 4.78 is 23.4. The SMILES string of the molecule is Cc1ccc([C@@H]2[C@H](S(C)(=O)=O)[C@]2(C#N)CO)cc1. The van der Waals surface area contributed by atoms with E-state index in [1.165, 1.54) is 0 Å². The van der Waals surface area contributed by atoms with Gasteiger partial charge in [-0.05, 0) is 12.5 Å². The quantitative estimate of drug-likeness (QED) is 0.884. The lowest BCUT2D eigenvalue weighted by Crippen LogP contribution is -2.16. The minimum absolute atomic E-state index is 0.428. The topological polar surface area (TPSA) is 78.2 Å². The van der Waals surface area contributed by atoms with E-state index in [1.807, 2.05) is 37.3 Å². The Balaban J connectivity index is 2.46. The first-order valence-corrected chi connectivity index (χ1v) is 7.60. The van der Waals surface area contributed by atoms with Crippen LogP contribution in [0.4, 0.5) is 0 Å². The van der Waals surface area contributed by atoms with Gasteiger partial charge in [0.05, 0.1) is 17.9 Å². The summed E-state index contributed by atoms with van der Waals surface area (Å²) in [5, 5.41) is 17.8. The average Bonchev–Trinajstić information content (AvgIpc) is 3.00. The maximum atomic E-state index is 11.7. The molecule has 0 amide bonds. The second-order valence-corrected chi connectivity index (χ2v) is 7.12. The van der Waals surface area contributed by atoms with Crippen molar-refractivity contribution < 1.29 is 13.5 Å². The first-order valence-electron chi connectivity index (χ1n) is 5.64. The number of aliphatic hydroxyl groups excluding tert-OH is 1. The van der Waals surface area contributed by atoms with E-state index < -0.39 is 33.0 Å². The molecule has 0 aliphatic heterocycles. The molecule has 18 heavy (non-hydrogen) atoms. The van der Waals surface area contributed by atoms with E-state index in [2.05, 4.69) is 0 Å². The molecule has 0 aromatic heterocycles. The van der Waals surface area contributed by atoms with E-state index in [4.69, 9.17) is 0 Å². The highest BCUT2D eigenvalue weighted by Gasteiger charge is 2.70. The first kappa shape index (κ1) is 13.1. The summed E-state index contributed by atoms with van der Waals surface area (Å²) in [6.45, 7) is 1.51. The normalized spacial score (nSPS) is 30.8. The summed E-state index contributed by atoms with van der Waals surface area (Å²) in [7, 11) is -3.35. The summed E-state index contributed by atoms with van der Waals surface area (Å²) >= 11 is 0. The summed E-state index contributed by atoms with van der Waals surface area (Å²) in [6, 6.07) is 9.41. The number of rotatable bonds is 3. The van der Waals surface area contributed by atoms with Crippen LogP contribution in [0.2, 0.25) is 0 Å². The molecule has 0 spiro atoms. The van der Waals surface area contributed by atoms with Crippen molar-refractivity contribution in [2.75, 3.05) is 12.9 Å². The molecule has 4 nitrogen and oxygen atoms in total. The molecule has 5 heteroatoms. The molecule has 0 heterocycles. The molecule has 1 aliphatic carbocycles. The maximum absolute atomic E-state index is 11.7. The largest absolute Gasteiger partial charge is 0.395 e. The van der Waals surface area contributed by atoms with Crippen LogP contribution >= 0.6 is 0 Å². The second kappa shape index (κ2) is 4.08. The van der Waals surface area contributed by atoms with Gasteiger partial charge in [0, 0.05) is 12.2 Å². The van der Waals surface area contributed by atoms with Gasteiger partial charge in [-0.3, -0.25) is 0 Å². The minimum atomic E-state index is -3.35. The molecule has 0 radical (unpaired) electrons. The second-order valence-electron chi connectivity index (χ2n) is 4.95. The van der Waals surface area contributed by atoms with Crippen LogP contribution in [0.1, 0.15) is 17.0 Å². The van der Waals surface area contributed by atoms with Gasteiger partial charge in [0.1, 0.15) is 5.41 Å². The molecule has 1 aromatic rings. The van der Waals surface area contributed by atoms with Crippen molar-refractivity contribution in [3.8, 4) is 6.07 Å². The van der Waals surface area contributed by atoms with E-state index in [0.29, 0.717) is 0 Å². The zero-order chi connectivity index (χ0) is 13.6. The minimum Gasteiger partial charge on any atom is -0.395 e. The van der Waals surface area contributed by atoms with Gasteiger partial charge in [0.25, 0.3) is 0 Å². The summed E-state index contributed by atoms with van der Waals surface area (Å²) in [6.07, 6.45) is 1.12. The molecule has 1 fully saturated rings. The Hall–Kier alpha value is -1.38. The Morgan fingerprint density at radius 1 is 1.39 bits per heavy atom. The number of aliphatic hydroxyl groups is 1. The fourth-order valence-electron chi connectivity index (χ4n) is 2.64. The Bertz CT molecular complexity index is 600. The number of hydrogen-bond donors (Lipinski definition) is 1. The molecule has 96 valence electrons. The molecule has 1 aliphatic rings. The fraction of sp³-hybridized carbons (Fsp3) is 0.462. The molecule has 0 saturated heterocycles. The predicted molar refractivity (Wildman–Crippen MR) is 67.7 cm³/mol. The van der Waals surface area contributed by atoms with E-state index >= 15 is 0 Å². The van der Waals surface area contributed by atoms with Crippen molar-refractivity contribution in [1.29, 1.82) is 5.26 Å². The lowest BCUT2D eigenvalue weighted by atomic mass is 10.0. The molecule has 2 rings (SSSR count). The highest BCUT2D eigenvalue weighted by Crippen LogP contribution is 2.62. The zero-order valence-electron chi connectivity index (χ0n) is 10.3. The number of benzene rings is 1. The van der Waals surface area contributed by atoms with Gasteiger partial charge in [-0.2, -0.15) is 5.26 Å². The zero-order valence-corrected chi connectivity index (χ0v) is 11.1. The first-order chi connectivity index (χ1) is 8.36. The van der Waals surface area contributed by atoms with Crippen LogP contribution in [-0.2, 0) is 9.84 Å². The van der Waals surface area contributed by atoms with Crippen molar-refractivity contribution in [2.24, 2.45) is 5.41 Å². The van der Waals surface area contributed by atoms with Crippen LogP contribution < -0.4 is 0 Å². The highest BCUT2D eigenvalue weighted by molar-refractivity contribution is 7.91. The molecule has 0 unspecified atom stereocenters. The van der Waals surface area contributed by atoms with Crippen LogP contribution in [0.3, 0.4) is 0 Å². The van der Waals surface area contributed by atoms with E-state index in [0.717, 1.165) is 17.4 Å². The number of sulfone groups is 1. The summed E-state index contributed by atoms with van der Waals surface area (Å²) in [5.41, 5.74) is 0.691. The Morgan fingerprint density at radius 2 is 1.94 bits per heavy atom. The Kier molecular flexibility index (Phi) is 2.96. The van der Waals surface area contributed by atoms with Gasteiger partial charge in [-0.1, -0.05) is 29.8 Å². The van der Waals surface area contributed by atoms with Crippen molar-refractivity contribution >= 4 is 9.84 Å². The fourth-order valence-corrected chi connectivity index (χ4v) is 4.49. The van der Waals surface area contributed by atoms with Gasteiger partial charge in [-0.25, -0.2) is 8.42 Å². The van der Waals surface area contributed by atoms with Crippen LogP contribution in [0.15, 0.2) is 24.3 Å². The van der Waals surface area contributed by atoms with Gasteiger partial charge in [0.15, 0.2) is 9.84 Å². The number of aryl methyl sites for hydroxylation is 1. The molecule has 1 saturated carbocycles. The van der Waals surface area contributed by atoms with Crippen molar-refractivity contribution in [1.82, 2.24) is 0 Å². The molecule has 1 aromatic carbocycles.